The van der Waals surface area contributed by atoms with Crippen LogP contribution in [-0.2, 0) is 4.79 Å². The van der Waals surface area contributed by atoms with E-state index in [4.69, 9.17) is 9.84 Å². The summed E-state index contributed by atoms with van der Waals surface area (Å²) in [5.41, 5.74) is -0.370. The first-order valence-electron chi connectivity index (χ1n) is 6.71. The van der Waals surface area contributed by atoms with Gasteiger partial charge in [0.05, 0.1) is 6.61 Å². The second-order valence-electron chi connectivity index (χ2n) is 5.08. The smallest absolute Gasteiger partial charge is 0.323 e. The Morgan fingerprint density at radius 3 is 2.75 bits per heavy atom. The quantitative estimate of drug-likeness (QED) is 0.720. The minimum Gasteiger partial charge on any atom is -0.491 e. The summed E-state index contributed by atoms with van der Waals surface area (Å²) < 4.78 is 19.0. The molecule has 1 aromatic carbocycles. The van der Waals surface area contributed by atoms with E-state index in [1.807, 2.05) is 0 Å². The fourth-order valence-corrected chi connectivity index (χ4v) is 1.83. The molecule has 5 heteroatoms. The maximum Gasteiger partial charge on any atom is 0.323 e. The first-order valence-corrected chi connectivity index (χ1v) is 6.71. The normalized spacial score (nSPS) is 13.8. The van der Waals surface area contributed by atoms with E-state index in [1.165, 1.54) is 0 Å². The first kappa shape index (κ1) is 16.4. The monoisotopic (exact) mass is 283 g/mol. The van der Waals surface area contributed by atoms with Crippen molar-refractivity contribution in [3.8, 4) is 5.75 Å². The predicted octanol–water partition coefficient (Wildman–Crippen LogP) is 2.75. The molecule has 1 unspecified atom stereocenters. The first-order chi connectivity index (χ1) is 9.40. The minimum absolute atomic E-state index is 0.250. The average Bonchev–Trinajstić information content (AvgIpc) is 2.42. The molecule has 0 aliphatic heterocycles. The zero-order valence-electron chi connectivity index (χ0n) is 12.2. The molecular formula is C15H22FNO3. The van der Waals surface area contributed by atoms with Gasteiger partial charge in [0.25, 0.3) is 0 Å². The van der Waals surface area contributed by atoms with Gasteiger partial charge in [0.15, 0.2) is 11.6 Å². The molecule has 0 aliphatic carbocycles. The molecule has 0 aromatic heterocycles. The van der Waals surface area contributed by atoms with E-state index in [0.29, 0.717) is 31.4 Å². The molecule has 0 saturated heterocycles. The minimum atomic E-state index is -0.922. The van der Waals surface area contributed by atoms with Crippen LogP contribution in [0.1, 0.15) is 31.7 Å². The van der Waals surface area contributed by atoms with Crippen LogP contribution in [0.5, 0.6) is 5.75 Å². The fourth-order valence-electron chi connectivity index (χ4n) is 1.83. The Kier molecular flexibility index (Phi) is 5.95. The summed E-state index contributed by atoms with van der Waals surface area (Å²) >= 11 is 0. The molecule has 0 saturated carbocycles. The summed E-state index contributed by atoms with van der Waals surface area (Å²) in [4.78, 5) is 11.1. The van der Waals surface area contributed by atoms with Crippen LogP contribution >= 0.6 is 0 Å². The van der Waals surface area contributed by atoms with Gasteiger partial charge in [0, 0.05) is 0 Å². The summed E-state index contributed by atoms with van der Waals surface area (Å²) in [5.74, 6) is -0.955. The number of carboxylic acids is 1. The summed E-state index contributed by atoms with van der Waals surface area (Å²) in [6, 6.07) is 5.03. The van der Waals surface area contributed by atoms with Crippen LogP contribution in [-0.4, -0.2) is 30.3 Å². The van der Waals surface area contributed by atoms with Crippen LogP contribution in [0.3, 0.4) is 0 Å². The molecule has 20 heavy (non-hydrogen) atoms. The fraction of sp³-hybridized carbons (Fsp3) is 0.533. The summed E-state index contributed by atoms with van der Waals surface area (Å²) in [5, 5.41) is 11.9. The highest BCUT2D eigenvalue weighted by Gasteiger charge is 2.30. The number of aryl methyl sites for hydroxylation is 1. The van der Waals surface area contributed by atoms with Gasteiger partial charge in [-0.05, 0) is 51.8 Å². The number of carbonyl (C=O) groups is 1. The predicted molar refractivity (Wildman–Crippen MR) is 75.6 cm³/mol. The number of carboxylic acid groups (broad SMARTS) is 1. The van der Waals surface area contributed by atoms with Crippen LogP contribution in [0.2, 0.25) is 0 Å². The highest BCUT2D eigenvalue weighted by molar-refractivity contribution is 5.78. The molecule has 0 bridgehead atoms. The summed E-state index contributed by atoms with van der Waals surface area (Å²) in [6.07, 6.45) is 1.87. The van der Waals surface area contributed by atoms with Crippen molar-refractivity contribution in [3.05, 3.63) is 29.6 Å². The van der Waals surface area contributed by atoms with Gasteiger partial charge in [0.2, 0.25) is 0 Å². The van der Waals surface area contributed by atoms with Gasteiger partial charge in [0.1, 0.15) is 5.54 Å². The zero-order valence-corrected chi connectivity index (χ0v) is 12.2. The van der Waals surface area contributed by atoms with Gasteiger partial charge in [-0.15, -0.1) is 0 Å². The van der Waals surface area contributed by atoms with Crippen molar-refractivity contribution in [2.24, 2.45) is 0 Å². The molecule has 0 aliphatic rings. The number of likely N-dealkylation sites (N-methyl/N-ethyl adjacent to an activating group) is 1. The topological polar surface area (TPSA) is 58.6 Å². The molecule has 4 nitrogen and oxygen atoms in total. The van der Waals surface area contributed by atoms with E-state index in [9.17, 15) is 9.18 Å². The van der Waals surface area contributed by atoms with E-state index in [2.05, 4.69) is 5.32 Å². The van der Waals surface area contributed by atoms with Crippen molar-refractivity contribution in [2.45, 2.75) is 38.6 Å². The van der Waals surface area contributed by atoms with E-state index >= 15 is 0 Å². The molecule has 0 amide bonds. The van der Waals surface area contributed by atoms with Crippen LogP contribution < -0.4 is 10.1 Å². The summed E-state index contributed by atoms with van der Waals surface area (Å²) in [6.45, 7) is 3.71. The molecule has 0 spiro atoms. The Bertz CT molecular complexity index is 464. The van der Waals surface area contributed by atoms with Crippen molar-refractivity contribution in [3.63, 3.8) is 0 Å². The van der Waals surface area contributed by atoms with E-state index in [1.54, 1.807) is 39.1 Å². The lowest BCUT2D eigenvalue weighted by molar-refractivity contribution is -0.144. The lowest BCUT2D eigenvalue weighted by atomic mass is 9.95. The summed E-state index contributed by atoms with van der Waals surface area (Å²) in [7, 11) is 1.63. The Balaban J connectivity index is 2.36. The van der Waals surface area contributed by atoms with E-state index < -0.39 is 11.5 Å². The van der Waals surface area contributed by atoms with Crippen LogP contribution in [0, 0.1) is 12.7 Å². The molecular weight excluding hydrogens is 261 g/mol. The van der Waals surface area contributed by atoms with Crippen molar-refractivity contribution in [1.82, 2.24) is 5.32 Å². The van der Waals surface area contributed by atoms with E-state index in [-0.39, 0.29) is 11.6 Å². The van der Waals surface area contributed by atoms with Crippen LogP contribution in [0.4, 0.5) is 4.39 Å². The van der Waals surface area contributed by atoms with Crippen molar-refractivity contribution in [1.29, 1.82) is 0 Å². The molecule has 1 atom stereocenters. The SMILES string of the molecule is CNC(C)(CCCCOc1cccc(C)c1F)C(=O)O. The third-order valence-electron chi connectivity index (χ3n) is 3.51. The molecule has 1 aromatic rings. The molecule has 2 N–H and O–H groups in total. The van der Waals surface area contributed by atoms with Crippen LogP contribution in [0.25, 0.3) is 0 Å². The van der Waals surface area contributed by atoms with Crippen molar-refractivity contribution < 1.29 is 19.0 Å². The van der Waals surface area contributed by atoms with Gasteiger partial charge in [-0.25, -0.2) is 4.39 Å². The number of nitrogens with one attached hydrogen (secondary N) is 1. The second kappa shape index (κ2) is 7.24. The lowest BCUT2D eigenvalue weighted by Gasteiger charge is -2.23. The zero-order chi connectivity index (χ0) is 15.2. The average molecular weight is 283 g/mol. The van der Waals surface area contributed by atoms with Gasteiger partial charge < -0.3 is 15.2 Å². The van der Waals surface area contributed by atoms with Crippen LogP contribution in [0.15, 0.2) is 18.2 Å². The molecule has 0 radical (unpaired) electrons. The van der Waals surface area contributed by atoms with Gasteiger partial charge in [-0.3, -0.25) is 4.79 Å². The Labute approximate surface area is 119 Å². The number of halogens is 1. The highest BCUT2D eigenvalue weighted by Crippen LogP contribution is 2.20. The van der Waals surface area contributed by atoms with Gasteiger partial charge in [-0.2, -0.15) is 0 Å². The number of hydrogen-bond acceptors (Lipinski definition) is 3. The number of aliphatic carboxylic acids is 1. The van der Waals surface area contributed by atoms with Gasteiger partial charge >= 0.3 is 5.97 Å². The Morgan fingerprint density at radius 2 is 2.15 bits per heavy atom. The Hall–Kier alpha value is -1.62. The maximum absolute atomic E-state index is 13.6. The Morgan fingerprint density at radius 1 is 1.45 bits per heavy atom. The number of unbranched alkanes of at least 4 members (excludes halogenated alkanes) is 1. The lowest BCUT2D eigenvalue weighted by Crippen LogP contribution is -2.47. The molecule has 112 valence electrons. The number of hydrogen-bond donors (Lipinski definition) is 2. The molecule has 0 heterocycles. The van der Waals surface area contributed by atoms with E-state index in [0.717, 1.165) is 0 Å². The standard InChI is InChI=1S/C15H22FNO3/c1-11-7-6-8-12(13(11)16)20-10-5-4-9-15(2,17-3)14(18)19/h6-8,17H,4-5,9-10H2,1-3H3,(H,18,19). The highest BCUT2D eigenvalue weighted by atomic mass is 19.1. The maximum atomic E-state index is 13.6. The molecule has 1 rings (SSSR count). The van der Waals surface area contributed by atoms with Crippen molar-refractivity contribution >= 4 is 5.97 Å². The third kappa shape index (κ3) is 4.20. The van der Waals surface area contributed by atoms with Crippen molar-refractivity contribution in [2.75, 3.05) is 13.7 Å². The third-order valence-corrected chi connectivity index (χ3v) is 3.51. The van der Waals surface area contributed by atoms with Gasteiger partial charge in [-0.1, -0.05) is 12.1 Å². The number of benzene rings is 1. The number of ether oxygens (including phenoxy) is 1. The molecule has 0 fully saturated rings. The second-order valence-corrected chi connectivity index (χ2v) is 5.08. The largest absolute Gasteiger partial charge is 0.491 e. The number of rotatable bonds is 8.